The van der Waals surface area contributed by atoms with Crippen LogP contribution >= 0.6 is 0 Å². The van der Waals surface area contributed by atoms with E-state index in [-0.39, 0.29) is 30.6 Å². The number of anilines is 1. The van der Waals surface area contributed by atoms with Crippen molar-refractivity contribution in [3.8, 4) is 0 Å². The van der Waals surface area contributed by atoms with Gasteiger partial charge < -0.3 is 0 Å². The lowest BCUT2D eigenvalue weighted by atomic mass is 9.89. The van der Waals surface area contributed by atoms with E-state index >= 15 is 0 Å². The number of imide groups is 1. The molecule has 1 aromatic rings. The molecule has 2 N–H and O–H groups in total. The molecule has 0 spiro atoms. The number of carbonyl (C=O) groups is 2. The molecule has 0 unspecified atom stereocenters. The Balaban J connectivity index is 1.68. The first-order valence-corrected chi connectivity index (χ1v) is 9.58. The molecule has 24 heavy (non-hydrogen) atoms. The maximum absolute atomic E-state index is 12.3. The average molecular weight is 351 g/mol. The molecule has 2 heterocycles. The predicted molar refractivity (Wildman–Crippen MR) is 89.5 cm³/mol. The number of carbonyl (C=O) groups excluding carboxylic acids is 2. The molecular formula is C16H21N3O4S. The molecule has 3 rings (SSSR count). The average Bonchev–Trinajstić information content (AvgIpc) is 2.55. The van der Waals surface area contributed by atoms with E-state index in [1.54, 1.807) is 24.3 Å². The van der Waals surface area contributed by atoms with Crippen molar-refractivity contribution in [1.82, 2.24) is 9.62 Å². The number of nitrogens with one attached hydrogen (secondary N) is 2. The molecule has 8 heteroatoms. The topological polar surface area (TPSA) is 95.6 Å². The summed E-state index contributed by atoms with van der Waals surface area (Å²) in [7, 11) is -3.53. The standard InChI is InChI=1S/C16H21N3O4S/c20-15-10-13(11-16(21)17-15)12-4-6-14(7-5-12)18-24(22,23)19-8-2-1-3-9-19/h4-7,13,18H,1-3,8-11H2,(H,17,20,21). The van der Waals surface area contributed by atoms with Gasteiger partial charge in [0.2, 0.25) is 11.8 Å². The Labute approximate surface area is 141 Å². The van der Waals surface area contributed by atoms with Crippen LogP contribution in [0.25, 0.3) is 0 Å². The van der Waals surface area contributed by atoms with Crippen LogP contribution in [0.2, 0.25) is 0 Å². The van der Waals surface area contributed by atoms with Crippen LogP contribution in [-0.2, 0) is 19.8 Å². The van der Waals surface area contributed by atoms with Gasteiger partial charge in [-0.25, -0.2) is 0 Å². The van der Waals surface area contributed by atoms with Crippen molar-refractivity contribution in [3.63, 3.8) is 0 Å². The number of piperidine rings is 2. The van der Waals surface area contributed by atoms with E-state index in [4.69, 9.17) is 0 Å². The maximum Gasteiger partial charge on any atom is 0.301 e. The van der Waals surface area contributed by atoms with Crippen LogP contribution in [0, 0.1) is 0 Å². The molecule has 2 saturated heterocycles. The summed E-state index contributed by atoms with van der Waals surface area (Å²) in [6.07, 6.45) is 3.37. The third-order valence-corrected chi connectivity index (χ3v) is 5.96. The second-order valence-electron chi connectivity index (χ2n) is 6.27. The van der Waals surface area contributed by atoms with E-state index in [0.29, 0.717) is 18.8 Å². The summed E-state index contributed by atoms with van der Waals surface area (Å²) in [5, 5.41) is 2.28. The summed E-state index contributed by atoms with van der Waals surface area (Å²) in [5.41, 5.74) is 1.34. The fourth-order valence-corrected chi connectivity index (χ4v) is 4.46. The summed E-state index contributed by atoms with van der Waals surface area (Å²) in [4.78, 5) is 22.9. The van der Waals surface area contributed by atoms with Crippen LogP contribution in [-0.4, -0.2) is 37.6 Å². The Morgan fingerprint density at radius 3 is 2.12 bits per heavy atom. The summed E-state index contributed by atoms with van der Waals surface area (Å²) in [6.45, 7) is 1.10. The molecule has 0 atom stereocenters. The number of amides is 2. The molecule has 0 aromatic heterocycles. The minimum absolute atomic E-state index is 0.154. The Morgan fingerprint density at radius 2 is 1.54 bits per heavy atom. The summed E-state index contributed by atoms with van der Waals surface area (Å²) >= 11 is 0. The van der Waals surface area contributed by atoms with Gasteiger partial charge in [0, 0.05) is 37.5 Å². The van der Waals surface area contributed by atoms with Crippen LogP contribution < -0.4 is 10.0 Å². The van der Waals surface area contributed by atoms with Gasteiger partial charge in [-0.1, -0.05) is 18.6 Å². The van der Waals surface area contributed by atoms with Crippen LogP contribution in [0.4, 0.5) is 5.69 Å². The second-order valence-corrected chi connectivity index (χ2v) is 7.94. The zero-order valence-corrected chi connectivity index (χ0v) is 14.1. The molecule has 2 aliphatic rings. The highest BCUT2D eigenvalue weighted by Crippen LogP contribution is 2.27. The van der Waals surface area contributed by atoms with Gasteiger partial charge in [-0.15, -0.1) is 0 Å². The highest BCUT2D eigenvalue weighted by Gasteiger charge is 2.27. The largest absolute Gasteiger partial charge is 0.301 e. The van der Waals surface area contributed by atoms with Crippen molar-refractivity contribution in [1.29, 1.82) is 0 Å². The molecule has 2 fully saturated rings. The minimum atomic E-state index is -3.53. The van der Waals surface area contributed by atoms with Crippen LogP contribution in [0.1, 0.15) is 43.6 Å². The van der Waals surface area contributed by atoms with Crippen molar-refractivity contribution in [2.45, 2.75) is 38.0 Å². The van der Waals surface area contributed by atoms with Crippen molar-refractivity contribution in [2.24, 2.45) is 0 Å². The van der Waals surface area contributed by atoms with Crippen molar-refractivity contribution >= 4 is 27.7 Å². The van der Waals surface area contributed by atoms with Crippen LogP contribution in [0.15, 0.2) is 24.3 Å². The predicted octanol–water partition coefficient (Wildman–Crippen LogP) is 1.35. The SMILES string of the molecule is O=C1CC(c2ccc(NS(=O)(=O)N3CCCCC3)cc2)CC(=O)N1. The lowest BCUT2D eigenvalue weighted by molar-refractivity contribution is -0.133. The molecule has 7 nitrogen and oxygen atoms in total. The first-order chi connectivity index (χ1) is 11.4. The van der Waals surface area contributed by atoms with E-state index in [2.05, 4.69) is 10.0 Å². The third kappa shape index (κ3) is 3.93. The molecule has 0 saturated carbocycles. The van der Waals surface area contributed by atoms with Gasteiger partial charge in [-0.2, -0.15) is 12.7 Å². The van der Waals surface area contributed by atoms with E-state index in [9.17, 15) is 18.0 Å². The summed E-state index contributed by atoms with van der Waals surface area (Å²) < 4.78 is 28.7. The fraction of sp³-hybridized carbons (Fsp3) is 0.500. The summed E-state index contributed by atoms with van der Waals surface area (Å²) in [6, 6.07) is 6.89. The van der Waals surface area contributed by atoms with Gasteiger partial charge >= 0.3 is 10.2 Å². The highest BCUT2D eigenvalue weighted by atomic mass is 32.2. The van der Waals surface area contributed by atoms with Crippen molar-refractivity contribution in [3.05, 3.63) is 29.8 Å². The molecule has 2 amide bonds. The van der Waals surface area contributed by atoms with Crippen molar-refractivity contribution in [2.75, 3.05) is 17.8 Å². The third-order valence-electron chi connectivity index (χ3n) is 4.43. The van der Waals surface area contributed by atoms with E-state index < -0.39 is 10.2 Å². The first-order valence-electron chi connectivity index (χ1n) is 8.14. The first kappa shape index (κ1) is 16.9. The normalized spacial score (nSPS) is 20.7. The van der Waals surface area contributed by atoms with Gasteiger partial charge in [-0.05, 0) is 30.5 Å². The molecular weight excluding hydrogens is 330 g/mol. The number of hydrogen-bond acceptors (Lipinski definition) is 4. The smallest absolute Gasteiger partial charge is 0.296 e. The molecule has 130 valence electrons. The van der Waals surface area contributed by atoms with Gasteiger partial charge in [0.25, 0.3) is 0 Å². The second kappa shape index (κ2) is 6.90. The Bertz CT molecular complexity index is 708. The number of rotatable bonds is 4. The Morgan fingerprint density at radius 1 is 0.958 bits per heavy atom. The van der Waals surface area contributed by atoms with Gasteiger partial charge in [-0.3, -0.25) is 19.6 Å². The monoisotopic (exact) mass is 351 g/mol. The highest BCUT2D eigenvalue weighted by molar-refractivity contribution is 7.90. The number of nitrogens with zero attached hydrogens (tertiary/aromatic N) is 1. The molecule has 0 bridgehead atoms. The molecule has 1 aromatic carbocycles. The Kier molecular flexibility index (Phi) is 4.86. The van der Waals surface area contributed by atoms with Crippen LogP contribution in [0.5, 0.6) is 0 Å². The molecule has 0 aliphatic carbocycles. The Hall–Kier alpha value is -1.93. The zero-order valence-electron chi connectivity index (χ0n) is 13.3. The van der Waals surface area contributed by atoms with Gasteiger partial charge in [0.15, 0.2) is 0 Å². The quantitative estimate of drug-likeness (QED) is 0.801. The van der Waals surface area contributed by atoms with Crippen molar-refractivity contribution < 1.29 is 18.0 Å². The van der Waals surface area contributed by atoms with Crippen LogP contribution in [0.3, 0.4) is 0 Å². The van der Waals surface area contributed by atoms with E-state index in [1.807, 2.05) is 0 Å². The van der Waals surface area contributed by atoms with E-state index in [1.165, 1.54) is 4.31 Å². The van der Waals surface area contributed by atoms with Gasteiger partial charge in [0.1, 0.15) is 0 Å². The molecule has 2 aliphatic heterocycles. The lowest BCUT2D eigenvalue weighted by Gasteiger charge is -2.26. The minimum Gasteiger partial charge on any atom is -0.296 e. The van der Waals surface area contributed by atoms with E-state index in [0.717, 1.165) is 24.8 Å². The zero-order chi connectivity index (χ0) is 17.2. The number of benzene rings is 1. The summed E-state index contributed by atoms with van der Waals surface area (Å²) in [5.74, 6) is -0.698. The molecule has 0 radical (unpaired) electrons. The lowest BCUT2D eigenvalue weighted by Crippen LogP contribution is -2.39. The fourth-order valence-electron chi connectivity index (χ4n) is 3.16. The maximum atomic E-state index is 12.3. The number of hydrogen-bond donors (Lipinski definition) is 2. The van der Waals surface area contributed by atoms with Gasteiger partial charge in [0.05, 0.1) is 0 Å².